The number of ether oxygens (including phenoxy) is 1. The van der Waals surface area contributed by atoms with Crippen LogP contribution in [0.5, 0.6) is 5.88 Å². The van der Waals surface area contributed by atoms with Gasteiger partial charge in [-0.3, -0.25) is 9.59 Å². The number of benzene rings is 1. The van der Waals surface area contributed by atoms with E-state index in [1.54, 1.807) is 36.3 Å². The Kier molecular flexibility index (Phi) is 10.6. The Hall–Kier alpha value is -5.58. The van der Waals surface area contributed by atoms with Crippen LogP contribution in [0.3, 0.4) is 0 Å². The fraction of sp³-hybridized carbons (Fsp3) is 0.323. The molecule has 0 aliphatic carbocycles. The first kappa shape index (κ1) is 35.3. The Morgan fingerprint density at radius 1 is 1.02 bits per heavy atom. The number of aromatic nitrogens is 6. The number of aliphatic hydroxyl groups is 1. The summed E-state index contributed by atoms with van der Waals surface area (Å²) in [5.41, 5.74) is -0.857. The predicted molar refractivity (Wildman–Crippen MR) is 161 cm³/mol. The smallest absolute Gasteiger partial charge is 0.416 e. The maximum Gasteiger partial charge on any atom is 0.416 e. The van der Waals surface area contributed by atoms with Gasteiger partial charge in [-0.05, 0) is 55.7 Å². The molecule has 0 bridgehead atoms. The van der Waals surface area contributed by atoms with E-state index in [0.717, 1.165) is 23.9 Å². The van der Waals surface area contributed by atoms with Gasteiger partial charge in [0.1, 0.15) is 11.5 Å². The van der Waals surface area contributed by atoms with E-state index in [1.807, 2.05) is 29.8 Å². The zero-order chi connectivity index (χ0) is 35.2. The van der Waals surface area contributed by atoms with Gasteiger partial charge in [0.05, 0.1) is 43.2 Å². The minimum absolute atomic E-state index is 0.237. The van der Waals surface area contributed by atoms with Gasteiger partial charge < -0.3 is 29.7 Å². The van der Waals surface area contributed by atoms with Crippen molar-refractivity contribution in [3.05, 3.63) is 83.1 Å². The molecule has 48 heavy (non-hydrogen) atoms. The number of methoxy groups -OCH3 is 1. The van der Waals surface area contributed by atoms with Gasteiger partial charge in [-0.15, -0.1) is 0 Å². The van der Waals surface area contributed by atoms with E-state index >= 15 is 0 Å². The normalized spacial score (nSPS) is 14.6. The van der Waals surface area contributed by atoms with Crippen LogP contribution in [0.4, 0.5) is 13.2 Å². The Bertz CT molecular complexity index is 1820. The zero-order valence-electron chi connectivity index (χ0n) is 25.6. The molecule has 1 aliphatic rings. The van der Waals surface area contributed by atoms with Crippen LogP contribution >= 0.6 is 0 Å². The molecule has 3 aromatic heterocycles. The number of fused-ring (bicyclic) bond motifs is 1. The molecule has 1 atom stereocenters. The van der Waals surface area contributed by atoms with Crippen molar-refractivity contribution >= 4 is 30.1 Å². The van der Waals surface area contributed by atoms with Crippen LogP contribution in [0.1, 0.15) is 65.8 Å². The molecule has 14 nitrogen and oxygen atoms in total. The number of nitrogens with zero attached hydrogens (tertiary/aromatic N) is 6. The molecule has 17 heteroatoms. The fourth-order valence-electron chi connectivity index (χ4n) is 5.11. The number of carbonyl (C=O) groups is 3. The lowest BCUT2D eigenvalue weighted by atomic mass is 9.88. The zero-order valence-corrected chi connectivity index (χ0v) is 25.6. The molecular formula is C31H31F3N6O8. The van der Waals surface area contributed by atoms with Crippen molar-refractivity contribution in [2.24, 2.45) is 0 Å². The largest absolute Gasteiger partial charge is 0.481 e. The number of imidazole rings is 1. The Balaban J connectivity index is 0.000000341. The number of halogens is 3. The summed E-state index contributed by atoms with van der Waals surface area (Å²) in [4.78, 5) is 43.8. The molecule has 4 heterocycles. The van der Waals surface area contributed by atoms with Gasteiger partial charge in [0, 0.05) is 18.7 Å². The van der Waals surface area contributed by atoms with Crippen molar-refractivity contribution in [2.75, 3.05) is 7.11 Å². The van der Waals surface area contributed by atoms with Crippen LogP contribution in [0.25, 0.3) is 17.8 Å². The molecule has 1 aliphatic heterocycles. The number of hydrogen-bond acceptors (Lipinski definition) is 9. The van der Waals surface area contributed by atoms with Gasteiger partial charge in [-0.2, -0.15) is 18.3 Å². The van der Waals surface area contributed by atoms with E-state index in [2.05, 4.69) is 20.1 Å². The standard InChI is InChI=1S/C25H23F3N6O.C6H8O7/c1-16-14-33(15-29-16)21-11-9-17(30-24(21)35-2)10-12-22-31-23-19(7-5-13-34(23)32-22)18-6-3-4-8-20(18)25(26,27)28;7-3(8)1-6(13,5(11)12)2-4(9)10/h3-4,6,8-12,14-15,19H,5,7,13H2,1-2H3;13H,1-2H2,(H,7,8)(H,9,10)(H,11,12)/b12-10+;/t19-;/m0./s1. The molecule has 0 fully saturated rings. The minimum atomic E-state index is -4.42. The van der Waals surface area contributed by atoms with E-state index in [1.165, 1.54) is 12.1 Å². The highest BCUT2D eigenvalue weighted by atomic mass is 19.4. The number of aryl methyl sites for hydroxylation is 2. The highest BCUT2D eigenvalue weighted by Crippen LogP contribution is 2.40. The summed E-state index contributed by atoms with van der Waals surface area (Å²) in [6.07, 6.45) is 1.63. The molecule has 254 valence electrons. The third-order valence-electron chi connectivity index (χ3n) is 7.27. The highest BCUT2D eigenvalue weighted by molar-refractivity contribution is 5.88. The van der Waals surface area contributed by atoms with Crippen LogP contribution < -0.4 is 4.74 Å². The van der Waals surface area contributed by atoms with E-state index in [4.69, 9.17) is 25.2 Å². The molecule has 0 unspecified atom stereocenters. The fourth-order valence-corrected chi connectivity index (χ4v) is 5.11. The summed E-state index contributed by atoms with van der Waals surface area (Å²) in [6, 6.07) is 9.42. The molecule has 0 spiro atoms. The Labute approximate surface area is 270 Å². The van der Waals surface area contributed by atoms with Crippen LogP contribution in [0.2, 0.25) is 0 Å². The maximum absolute atomic E-state index is 13.6. The van der Waals surface area contributed by atoms with Crippen molar-refractivity contribution in [3.63, 3.8) is 0 Å². The quantitative estimate of drug-likeness (QED) is 0.189. The van der Waals surface area contributed by atoms with E-state index < -0.39 is 54.0 Å². The lowest BCUT2D eigenvalue weighted by Gasteiger charge is -2.25. The second-order valence-electron chi connectivity index (χ2n) is 10.8. The molecular weight excluding hydrogens is 641 g/mol. The average Bonchev–Trinajstić information content (AvgIpc) is 3.64. The van der Waals surface area contributed by atoms with Crippen molar-refractivity contribution in [3.8, 4) is 11.6 Å². The third kappa shape index (κ3) is 8.41. The Morgan fingerprint density at radius 3 is 2.29 bits per heavy atom. The molecule has 4 aromatic rings. The molecule has 0 amide bonds. The van der Waals surface area contributed by atoms with Gasteiger partial charge in [-0.25, -0.2) is 24.4 Å². The van der Waals surface area contributed by atoms with Crippen LogP contribution in [-0.2, 0) is 27.1 Å². The van der Waals surface area contributed by atoms with Gasteiger partial charge in [0.2, 0.25) is 5.88 Å². The lowest BCUT2D eigenvalue weighted by Crippen LogP contribution is -2.42. The van der Waals surface area contributed by atoms with Crippen molar-refractivity contribution < 1.29 is 52.7 Å². The first-order valence-corrected chi connectivity index (χ1v) is 14.4. The molecule has 0 radical (unpaired) electrons. The number of carboxylic acids is 3. The van der Waals surface area contributed by atoms with Crippen LogP contribution in [0, 0.1) is 6.92 Å². The molecule has 0 saturated carbocycles. The van der Waals surface area contributed by atoms with E-state index in [9.17, 15) is 27.6 Å². The summed E-state index contributed by atoms with van der Waals surface area (Å²) < 4.78 is 49.8. The summed E-state index contributed by atoms with van der Waals surface area (Å²) in [6.45, 7) is 2.52. The van der Waals surface area contributed by atoms with Gasteiger partial charge in [0.25, 0.3) is 0 Å². The number of alkyl halides is 3. The third-order valence-corrected chi connectivity index (χ3v) is 7.27. The number of rotatable bonds is 10. The van der Waals surface area contributed by atoms with E-state index in [0.29, 0.717) is 36.2 Å². The Morgan fingerprint density at radius 2 is 1.71 bits per heavy atom. The topological polar surface area (TPSA) is 203 Å². The monoisotopic (exact) mass is 672 g/mol. The first-order valence-electron chi connectivity index (χ1n) is 14.4. The van der Waals surface area contributed by atoms with Crippen LogP contribution in [-0.4, -0.2) is 80.3 Å². The first-order chi connectivity index (χ1) is 22.6. The molecule has 1 aromatic carbocycles. The summed E-state index contributed by atoms with van der Waals surface area (Å²) >= 11 is 0. The second kappa shape index (κ2) is 14.5. The average molecular weight is 673 g/mol. The predicted octanol–water partition coefficient (Wildman–Crippen LogP) is 4.04. The SMILES string of the molecule is COc1nc(/C=C/c2nc3n(n2)CCC[C@H]3c2ccccc2C(F)(F)F)ccc1-n1cnc(C)c1.O=C(O)CC(O)(CC(=O)O)C(=O)O. The van der Waals surface area contributed by atoms with Crippen molar-refractivity contribution in [1.82, 2.24) is 29.3 Å². The number of hydrogen-bond donors (Lipinski definition) is 4. The van der Waals surface area contributed by atoms with Gasteiger partial charge in [-0.1, -0.05) is 18.2 Å². The summed E-state index contributed by atoms with van der Waals surface area (Å²) in [5, 5.41) is 38.3. The number of pyridine rings is 1. The summed E-state index contributed by atoms with van der Waals surface area (Å²) in [5.74, 6) is -4.08. The summed E-state index contributed by atoms with van der Waals surface area (Å²) in [7, 11) is 1.55. The van der Waals surface area contributed by atoms with Gasteiger partial charge in [0.15, 0.2) is 11.4 Å². The van der Waals surface area contributed by atoms with Gasteiger partial charge >= 0.3 is 24.1 Å². The number of aliphatic carboxylic acids is 3. The molecule has 4 N–H and O–H groups in total. The second-order valence-corrected chi connectivity index (χ2v) is 10.8. The van der Waals surface area contributed by atoms with Crippen molar-refractivity contribution in [2.45, 2.75) is 56.8 Å². The van der Waals surface area contributed by atoms with Crippen LogP contribution in [0.15, 0.2) is 48.9 Å². The molecule has 0 saturated heterocycles. The number of carboxylic acid groups (broad SMARTS) is 3. The van der Waals surface area contributed by atoms with Crippen molar-refractivity contribution in [1.29, 1.82) is 0 Å². The minimum Gasteiger partial charge on any atom is -0.481 e. The van der Waals surface area contributed by atoms with E-state index in [-0.39, 0.29) is 5.56 Å². The lowest BCUT2D eigenvalue weighted by molar-refractivity contribution is -0.170. The molecule has 5 rings (SSSR count). The maximum atomic E-state index is 13.6. The highest BCUT2D eigenvalue weighted by Gasteiger charge is 2.41.